The van der Waals surface area contributed by atoms with Gasteiger partial charge in [-0.05, 0) is 48.3 Å². The van der Waals surface area contributed by atoms with E-state index >= 15 is 0 Å². The lowest BCUT2D eigenvalue weighted by molar-refractivity contribution is 0.684. The molecular formula is C29H40BIOS. The molecular weight excluding hydrogens is 534 g/mol. The Balaban J connectivity index is 0. The van der Waals surface area contributed by atoms with E-state index in [4.69, 9.17) is 0 Å². The first kappa shape index (κ1) is 33.1. The number of aryl methyl sites for hydroxylation is 3. The zero-order valence-electron chi connectivity index (χ0n) is 21.0. The third-order valence-electron chi connectivity index (χ3n) is 4.25. The van der Waals surface area contributed by atoms with Gasteiger partial charge >= 0.3 is 0 Å². The Morgan fingerprint density at radius 1 is 0.697 bits per heavy atom. The van der Waals surface area contributed by atoms with E-state index in [1.165, 1.54) is 22.2 Å². The summed E-state index contributed by atoms with van der Waals surface area (Å²) in [6.07, 6.45) is 0. The molecule has 0 heterocycles. The van der Waals surface area contributed by atoms with Crippen molar-refractivity contribution >= 4 is 47.8 Å². The lowest BCUT2D eigenvalue weighted by atomic mass is 9.73. The molecule has 0 amide bonds. The first-order valence-electron chi connectivity index (χ1n) is 10.9. The molecule has 0 radical (unpaired) electrons. The monoisotopic (exact) mass is 574 g/mol. The van der Waals surface area contributed by atoms with Crippen molar-refractivity contribution in [2.45, 2.75) is 39.5 Å². The van der Waals surface area contributed by atoms with E-state index in [2.05, 4.69) is 105 Å². The smallest absolute Gasteiger partial charge is 0.262 e. The normalized spacial score (nSPS) is 10.6. The topological polar surface area (TPSA) is 17.1 Å². The fourth-order valence-electron chi connectivity index (χ4n) is 2.51. The number of benzene rings is 3. The predicted octanol–water partition coefficient (Wildman–Crippen LogP) is 7.88. The molecule has 3 aromatic carbocycles. The van der Waals surface area contributed by atoms with E-state index in [0.717, 1.165) is 4.90 Å². The summed E-state index contributed by atoms with van der Waals surface area (Å²) in [6, 6.07) is 26.5. The van der Waals surface area contributed by atoms with E-state index in [0.29, 0.717) is 5.65 Å². The molecule has 0 N–H and O–H groups in total. The van der Waals surface area contributed by atoms with Crippen molar-refractivity contribution in [2.24, 2.45) is 0 Å². The molecule has 0 fully saturated rings. The highest BCUT2D eigenvalue weighted by Gasteiger charge is 2.19. The molecule has 1 unspecified atom stereocenters. The molecule has 0 spiro atoms. The molecule has 0 saturated heterocycles. The van der Waals surface area contributed by atoms with Gasteiger partial charge in [0.25, 0.3) is 4.57 Å². The predicted molar refractivity (Wildman–Crippen MR) is 165 cm³/mol. The van der Waals surface area contributed by atoms with Crippen LogP contribution in [0.2, 0.25) is 0 Å². The van der Waals surface area contributed by atoms with Gasteiger partial charge in [0.2, 0.25) is 0 Å². The van der Waals surface area contributed by atoms with Crippen molar-refractivity contribution in [1.29, 1.82) is 0 Å². The summed E-state index contributed by atoms with van der Waals surface area (Å²) < 4.78 is 13.0. The van der Waals surface area contributed by atoms with Crippen LogP contribution < -0.4 is 5.46 Å². The molecule has 1 atom stereocenters. The first-order chi connectivity index (χ1) is 15.8. The maximum Gasteiger partial charge on any atom is 0.262 e. The van der Waals surface area contributed by atoms with Gasteiger partial charge in [-0.2, -0.15) is 0 Å². The Morgan fingerprint density at radius 2 is 1.03 bits per heavy atom. The SMILES string of the molecule is C=C.C=C.C=S(=O)(CB(I)c1ccccc1)c1ccc(C)cc1.CC.Cc1ccc(C)cc1. The third kappa shape index (κ3) is 14.0. The summed E-state index contributed by atoms with van der Waals surface area (Å²) in [5.74, 6) is 3.96. The Kier molecular flexibility index (Phi) is 19.5. The fourth-order valence-corrected chi connectivity index (χ4v) is 6.16. The largest absolute Gasteiger partial charge is 0.264 e. The molecule has 4 heteroatoms. The van der Waals surface area contributed by atoms with Crippen molar-refractivity contribution in [1.82, 2.24) is 0 Å². The highest BCUT2D eigenvalue weighted by Crippen LogP contribution is 2.14. The van der Waals surface area contributed by atoms with Crippen LogP contribution >= 0.6 is 22.4 Å². The molecule has 3 rings (SSSR count). The molecule has 0 aliphatic heterocycles. The van der Waals surface area contributed by atoms with Crippen molar-refractivity contribution in [3.8, 4) is 0 Å². The maximum atomic E-state index is 12.8. The molecule has 0 aromatic heterocycles. The maximum absolute atomic E-state index is 12.8. The van der Waals surface area contributed by atoms with E-state index < -0.39 is 9.52 Å². The number of hydrogen-bond donors (Lipinski definition) is 0. The van der Waals surface area contributed by atoms with Gasteiger partial charge in [0.05, 0.1) is 0 Å². The van der Waals surface area contributed by atoms with E-state index in [1.807, 2.05) is 63.2 Å². The van der Waals surface area contributed by atoms with Crippen LogP contribution in [0.25, 0.3) is 0 Å². The second-order valence-corrected chi connectivity index (χ2v) is 10.8. The van der Waals surface area contributed by atoms with Crippen molar-refractivity contribution in [3.05, 3.63) is 122 Å². The second-order valence-electron chi connectivity index (χ2n) is 6.82. The average molecular weight is 574 g/mol. The molecule has 0 saturated carbocycles. The minimum Gasteiger partial charge on any atom is -0.264 e. The van der Waals surface area contributed by atoms with Crippen LogP contribution in [0, 0.1) is 20.8 Å². The molecule has 3 aromatic rings. The lowest BCUT2D eigenvalue weighted by Gasteiger charge is -2.12. The van der Waals surface area contributed by atoms with Crippen molar-refractivity contribution in [2.75, 3.05) is 5.65 Å². The highest BCUT2D eigenvalue weighted by molar-refractivity contribution is 14.1. The Hall–Kier alpha value is -2.05. The van der Waals surface area contributed by atoms with Gasteiger partial charge in [0.1, 0.15) is 0 Å². The quantitative estimate of drug-likeness (QED) is 0.134. The number of rotatable bonds is 4. The summed E-state index contributed by atoms with van der Waals surface area (Å²) in [5, 5.41) is 0. The van der Waals surface area contributed by atoms with Crippen LogP contribution in [0.4, 0.5) is 0 Å². The van der Waals surface area contributed by atoms with Crippen LogP contribution in [0.3, 0.4) is 0 Å². The molecule has 0 bridgehead atoms. The van der Waals surface area contributed by atoms with Crippen LogP contribution in [-0.2, 0) is 9.52 Å². The Labute approximate surface area is 218 Å². The van der Waals surface area contributed by atoms with Crippen LogP contribution in [0.15, 0.2) is 110 Å². The van der Waals surface area contributed by atoms with Gasteiger partial charge in [0.15, 0.2) is 0 Å². The highest BCUT2D eigenvalue weighted by atomic mass is 127. The van der Waals surface area contributed by atoms with Crippen LogP contribution in [-0.4, -0.2) is 20.3 Å². The molecule has 33 heavy (non-hydrogen) atoms. The lowest BCUT2D eigenvalue weighted by Crippen LogP contribution is -2.31. The minimum absolute atomic E-state index is 0.213. The molecule has 0 aliphatic carbocycles. The third-order valence-corrected chi connectivity index (χ3v) is 8.01. The average Bonchev–Trinajstić information content (AvgIpc) is 2.86. The summed E-state index contributed by atoms with van der Waals surface area (Å²) in [7, 11) is -2.23. The van der Waals surface area contributed by atoms with Crippen LogP contribution in [0.1, 0.15) is 30.5 Å². The van der Waals surface area contributed by atoms with E-state index in [1.54, 1.807) is 0 Å². The van der Waals surface area contributed by atoms with Gasteiger partial charge in [-0.25, -0.2) is 0 Å². The summed E-state index contributed by atoms with van der Waals surface area (Å²) in [6.45, 7) is 22.2. The fraction of sp³-hybridized carbons (Fsp3) is 0.207. The van der Waals surface area contributed by atoms with Gasteiger partial charge in [0, 0.05) is 10.5 Å². The zero-order chi connectivity index (χ0) is 25.9. The van der Waals surface area contributed by atoms with Gasteiger partial charge < -0.3 is 0 Å². The summed E-state index contributed by atoms with van der Waals surface area (Å²) >= 11 is 2.35. The number of hydrogen-bond acceptors (Lipinski definition) is 1. The zero-order valence-corrected chi connectivity index (χ0v) is 24.0. The van der Waals surface area contributed by atoms with Gasteiger partial charge in [-0.15, -0.1) is 48.7 Å². The Morgan fingerprint density at radius 3 is 1.39 bits per heavy atom. The summed E-state index contributed by atoms with van der Waals surface area (Å²) in [5.41, 5.74) is 5.60. The Bertz CT molecular complexity index is 943. The molecule has 1 nitrogen and oxygen atoms in total. The van der Waals surface area contributed by atoms with Gasteiger partial charge in [-0.1, -0.05) is 103 Å². The van der Waals surface area contributed by atoms with Crippen LogP contribution in [0.5, 0.6) is 0 Å². The molecule has 178 valence electrons. The first-order valence-corrected chi connectivity index (χ1v) is 14.1. The summed E-state index contributed by atoms with van der Waals surface area (Å²) in [4.78, 5) is 0.843. The molecule has 0 aliphatic rings. The van der Waals surface area contributed by atoms with Gasteiger partial charge in [-0.3, -0.25) is 4.21 Å². The van der Waals surface area contributed by atoms with Crippen molar-refractivity contribution in [3.63, 3.8) is 0 Å². The number of halogens is 1. The minimum atomic E-state index is -2.23. The van der Waals surface area contributed by atoms with E-state index in [-0.39, 0.29) is 4.57 Å². The standard InChI is InChI=1S/C15H16BIOS.C8H10.C2H6.2C2H4/c1-13-8-10-15(11-9-13)19(2,18)12-16(17)14-6-4-3-5-7-14;1-7-3-5-8(2)6-4-7;3*1-2/h3-11H,2,12H2,1H3;3-6H,1-2H3;1-2H3;2*1-2H2. The van der Waals surface area contributed by atoms with E-state index in [9.17, 15) is 4.21 Å². The second kappa shape index (κ2) is 19.4. The van der Waals surface area contributed by atoms with Crippen molar-refractivity contribution < 1.29 is 4.21 Å².